The van der Waals surface area contributed by atoms with Gasteiger partial charge in [0.1, 0.15) is 5.82 Å². The van der Waals surface area contributed by atoms with E-state index < -0.39 is 0 Å². The molecule has 0 atom stereocenters. The number of nitrogens with zero attached hydrogens (tertiary/aromatic N) is 2. The van der Waals surface area contributed by atoms with Crippen molar-refractivity contribution in [2.24, 2.45) is 0 Å². The number of halogens is 1. The predicted molar refractivity (Wildman–Crippen MR) is 88.9 cm³/mol. The molecule has 5 nitrogen and oxygen atoms in total. The predicted octanol–water partition coefficient (Wildman–Crippen LogP) is 2.09. The molecule has 0 radical (unpaired) electrons. The number of aromatic nitrogens is 2. The second-order valence-electron chi connectivity index (χ2n) is 5.80. The Balaban J connectivity index is 1.48. The maximum atomic E-state index is 12.8. The summed E-state index contributed by atoms with van der Waals surface area (Å²) in [6.07, 6.45) is 6.73. The van der Waals surface area contributed by atoms with E-state index in [0.717, 1.165) is 24.1 Å². The molecule has 1 saturated carbocycles. The molecule has 0 bridgehead atoms. The molecule has 0 unspecified atom stereocenters. The molecule has 1 N–H and O–H groups in total. The maximum Gasteiger partial charge on any atom is 0.253 e. The normalized spacial score (nSPS) is 14.0. The third-order valence-corrected chi connectivity index (χ3v) is 3.85. The van der Waals surface area contributed by atoms with E-state index in [2.05, 4.69) is 10.3 Å². The first-order valence-electron chi connectivity index (χ1n) is 7.90. The Morgan fingerprint density at radius 2 is 2.08 bits per heavy atom. The number of rotatable bonds is 6. The quantitative estimate of drug-likeness (QED) is 0.826. The highest BCUT2D eigenvalue weighted by molar-refractivity contribution is 5.91. The zero-order chi connectivity index (χ0) is 16.9. The fourth-order valence-electron chi connectivity index (χ4n) is 2.31. The molecule has 2 aromatic rings. The highest BCUT2D eigenvalue weighted by Crippen LogP contribution is 2.38. The van der Waals surface area contributed by atoms with Crippen LogP contribution < -0.4 is 10.9 Å². The minimum atomic E-state index is -0.316. The van der Waals surface area contributed by atoms with Crippen LogP contribution in [0.1, 0.15) is 30.0 Å². The van der Waals surface area contributed by atoms with E-state index >= 15 is 0 Å². The van der Waals surface area contributed by atoms with E-state index in [9.17, 15) is 14.0 Å². The van der Waals surface area contributed by atoms with Gasteiger partial charge in [-0.1, -0.05) is 12.1 Å². The minimum Gasteiger partial charge on any atom is -0.351 e. The van der Waals surface area contributed by atoms with Gasteiger partial charge in [0.25, 0.3) is 5.56 Å². The molecular weight excluding hydrogens is 309 g/mol. The van der Waals surface area contributed by atoms with Crippen LogP contribution in [0.15, 0.2) is 47.5 Å². The van der Waals surface area contributed by atoms with Crippen LogP contribution in [0.3, 0.4) is 0 Å². The first-order chi connectivity index (χ1) is 11.6. The molecule has 1 heterocycles. The van der Waals surface area contributed by atoms with Crippen molar-refractivity contribution < 1.29 is 9.18 Å². The van der Waals surface area contributed by atoms with Crippen molar-refractivity contribution in [3.05, 3.63) is 70.2 Å². The summed E-state index contributed by atoms with van der Waals surface area (Å²) in [5, 5.41) is 2.70. The first kappa shape index (κ1) is 16.1. The lowest BCUT2D eigenvalue weighted by molar-refractivity contribution is -0.116. The van der Waals surface area contributed by atoms with Gasteiger partial charge in [-0.15, -0.1) is 0 Å². The maximum absolute atomic E-state index is 12.8. The Morgan fingerprint density at radius 3 is 2.75 bits per heavy atom. The molecule has 1 fully saturated rings. The van der Waals surface area contributed by atoms with Gasteiger partial charge in [0.05, 0.1) is 12.0 Å². The molecule has 1 aromatic heterocycles. The molecule has 0 saturated heterocycles. The van der Waals surface area contributed by atoms with Crippen LogP contribution in [0.4, 0.5) is 4.39 Å². The third kappa shape index (κ3) is 4.38. The van der Waals surface area contributed by atoms with Crippen LogP contribution in [0.5, 0.6) is 0 Å². The van der Waals surface area contributed by atoms with Crippen LogP contribution in [-0.2, 0) is 11.3 Å². The topological polar surface area (TPSA) is 64.0 Å². The van der Waals surface area contributed by atoms with Gasteiger partial charge in [-0.2, -0.15) is 0 Å². The van der Waals surface area contributed by atoms with Gasteiger partial charge in [-0.3, -0.25) is 14.2 Å². The van der Waals surface area contributed by atoms with Gasteiger partial charge in [-0.25, -0.2) is 9.37 Å². The van der Waals surface area contributed by atoms with Crippen molar-refractivity contribution in [2.45, 2.75) is 25.3 Å². The fraction of sp³-hybridized carbons (Fsp3) is 0.278. The van der Waals surface area contributed by atoms with Crippen molar-refractivity contribution in [1.29, 1.82) is 0 Å². The number of carbonyl (C=O) groups is 1. The van der Waals surface area contributed by atoms with Gasteiger partial charge in [0, 0.05) is 31.1 Å². The van der Waals surface area contributed by atoms with Gasteiger partial charge in [0.15, 0.2) is 0 Å². The molecule has 6 heteroatoms. The number of amides is 1. The highest BCUT2D eigenvalue weighted by atomic mass is 19.1. The second kappa shape index (κ2) is 7.21. The highest BCUT2D eigenvalue weighted by Gasteiger charge is 2.25. The fourth-order valence-corrected chi connectivity index (χ4v) is 2.31. The lowest BCUT2D eigenvalue weighted by atomic mass is 10.2. The van der Waals surface area contributed by atoms with Crippen molar-refractivity contribution in [3.63, 3.8) is 0 Å². The minimum absolute atomic E-state index is 0.0944. The monoisotopic (exact) mass is 327 g/mol. The summed E-state index contributed by atoms with van der Waals surface area (Å²) in [7, 11) is 0. The van der Waals surface area contributed by atoms with Crippen LogP contribution >= 0.6 is 0 Å². The van der Waals surface area contributed by atoms with Gasteiger partial charge in [0.2, 0.25) is 5.91 Å². The van der Waals surface area contributed by atoms with E-state index in [1.54, 1.807) is 24.3 Å². The summed E-state index contributed by atoms with van der Waals surface area (Å²) in [5.41, 5.74) is 1.51. The molecule has 124 valence electrons. The largest absolute Gasteiger partial charge is 0.351 e. The summed E-state index contributed by atoms with van der Waals surface area (Å²) >= 11 is 0. The molecule has 1 aliphatic rings. The zero-order valence-electron chi connectivity index (χ0n) is 13.1. The van der Waals surface area contributed by atoms with E-state index in [1.165, 1.54) is 29.1 Å². The van der Waals surface area contributed by atoms with E-state index in [-0.39, 0.29) is 17.3 Å². The van der Waals surface area contributed by atoms with E-state index in [0.29, 0.717) is 19.0 Å². The van der Waals surface area contributed by atoms with Gasteiger partial charge >= 0.3 is 0 Å². The van der Waals surface area contributed by atoms with Crippen molar-refractivity contribution in [2.75, 3.05) is 6.54 Å². The van der Waals surface area contributed by atoms with Crippen LogP contribution in [0.25, 0.3) is 6.08 Å². The molecule has 24 heavy (non-hydrogen) atoms. The lowest BCUT2D eigenvalue weighted by Gasteiger charge is -2.06. The van der Waals surface area contributed by atoms with E-state index in [1.807, 2.05) is 0 Å². The molecule has 1 aliphatic carbocycles. The van der Waals surface area contributed by atoms with Gasteiger partial charge < -0.3 is 5.32 Å². The Bertz CT molecular complexity index is 808. The van der Waals surface area contributed by atoms with E-state index in [4.69, 9.17) is 0 Å². The molecule has 1 aromatic carbocycles. The SMILES string of the molecule is O=C(/C=C/c1ccc(F)cc1)NCCn1cnc(C2CC2)cc1=O. The Labute approximate surface area is 138 Å². The summed E-state index contributed by atoms with van der Waals surface area (Å²) in [6.45, 7) is 0.698. The number of carbonyl (C=O) groups excluding carboxylic acids is 1. The molecule has 1 amide bonds. The number of hydrogen-bond acceptors (Lipinski definition) is 3. The smallest absolute Gasteiger partial charge is 0.253 e. The Kier molecular flexibility index (Phi) is 4.84. The van der Waals surface area contributed by atoms with Crippen molar-refractivity contribution in [3.8, 4) is 0 Å². The second-order valence-corrected chi connectivity index (χ2v) is 5.80. The first-order valence-corrected chi connectivity index (χ1v) is 7.90. The third-order valence-electron chi connectivity index (χ3n) is 3.85. The lowest BCUT2D eigenvalue weighted by Crippen LogP contribution is -2.30. The number of benzene rings is 1. The zero-order valence-corrected chi connectivity index (χ0v) is 13.1. The Morgan fingerprint density at radius 1 is 1.33 bits per heavy atom. The average molecular weight is 327 g/mol. The molecule has 0 aliphatic heterocycles. The average Bonchev–Trinajstić information content (AvgIpc) is 3.41. The van der Waals surface area contributed by atoms with Crippen LogP contribution in [0.2, 0.25) is 0 Å². The standard InChI is InChI=1S/C18H18FN3O2/c19-15-6-1-13(2-7-15)3-8-17(23)20-9-10-22-12-21-16(11-18(22)24)14-4-5-14/h1-3,6-8,11-12,14H,4-5,9-10H2,(H,20,23)/b8-3+. The van der Waals surface area contributed by atoms with Crippen LogP contribution in [-0.4, -0.2) is 22.0 Å². The summed E-state index contributed by atoms with van der Waals surface area (Å²) in [5.74, 6) is -0.137. The molecule has 0 spiro atoms. The van der Waals surface area contributed by atoms with Crippen molar-refractivity contribution >= 4 is 12.0 Å². The van der Waals surface area contributed by atoms with Gasteiger partial charge in [-0.05, 0) is 36.6 Å². The summed E-state index contributed by atoms with van der Waals surface area (Å²) < 4.78 is 14.3. The van der Waals surface area contributed by atoms with Crippen molar-refractivity contribution in [1.82, 2.24) is 14.9 Å². The summed E-state index contributed by atoms with van der Waals surface area (Å²) in [6, 6.07) is 7.43. The molecular formula is C18H18FN3O2. The molecule has 3 rings (SSSR count). The number of hydrogen-bond donors (Lipinski definition) is 1. The summed E-state index contributed by atoms with van der Waals surface area (Å²) in [4.78, 5) is 28.0. The Hall–Kier alpha value is -2.76. The number of nitrogens with one attached hydrogen (secondary N) is 1. The van der Waals surface area contributed by atoms with Crippen LogP contribution in [0, 0.1) is 5.82 Å².